The van der Waals surface area contributed by atoms with E-state index in [9.17, 15) is 0 Å². The predicted octanol–water partition coefficient (Wildman–Crippen LogP) is 1.68. The maximum Gasteiger partial charge on any atom is 0.132 e. The quantitative estimate of drug-likeness (QED) is 0.784. The van der Waals surface area contributed by atoms with Gasteiger partial charge in [0.05, 0.1) is 24.3 Å². The van der Waals surface area contributed by atoms with Crippen LogP contribution in [0.25, 0.3) is 0 Å². The molecule has 1 unspecified atom stereocenters. The van der Waals surface area contributed by atoms with Crippen molar-refractivity contribution in [2.45, 2.75) is 6.10 Å². The fraction of sp³-hybridized carbons (Fsp3) is 0.455. The molecule has 0 saturated heterocycles. The number of ether oxygens (including phenoxy) is 2. The van der Waals surface area contributed by atoms with E-state index in [0.717, 1.165) is 0 Å². The van der Waals surface area contributed by atoms with Crippen molar-refractivity contribution in [1.29, 1.82) is 5.26 Å². The van der Waals surface area contributed by atoms with E-state index in [1.807, 2.05) is 6.07 Å². The minimum absolute atomic E-state index is 0.0775. The summed E-state index contributed by atoms with van der Waals surface area (Å²) in [6.45, 7) is 1.01. The van der Waals surface area contributed by atoms with Crippen molar-refractivity contribution in [3.05, 3.63) is 22.8 Å². The Morgan fingerprint density at radius 1 is 1.53 bits per heavy atom. The molecule has 0 amide bonds. The number of nitrogens with zero attached hydrogens (tertiary/aromatic N) is 2. The highest BCUT2D eigenvalue weighted by Gasteiger charge is 2.07. The molecule has 0 spiro atoms. The van der Waals surface area contributed by atoms with Gasteiger partial charge in [0.1, 0.15) is 11.0 Å². The Morgan fingerprint density at radius 3 is 2.88 bits per heavy atom. The predicted molar refractivity (Wildman–Crippen MR) is 65.1 cm³/mol. The zero-order valence-corrected chi connectivity index (χ0v) is 10.5. The molecule has 5 nitrogen and oxygen atoms in total. The second-order valence-corrected chi connectivity index (χ2v) is 3.76. The lowest BCUT2D eigenvalue weighted by molar-refractivity contribution is 0.0365. The summed E-state index contributed by atoms with van der Waals surface area (Å²) in [6, 6.07) is 5.15. The van der Waals surface area contributed by atoms with Crippen LogP contribution in [-0.2, 0) is 9.47 Å². The largest absolute Gasteiger partial charge is 0.382 e. The first-order chi connectivity index (χ1) is 8.19. The molecule has 0 aliphatic rings. The highest BCUT2D eigenvalue weighted by Crippen LogP contribution is 2.13. The summed E-state index contributed by atoms with van der Waals surface area (Å²) >= 11 is 5.78. The fourth-order valence-electron chi connectivity index (χ4n) is 1.27. The second kappa shape index (κ2) is 7.07. The highest BCUT2D eigenvalue weighted by molar-refractivity contribution is 6.29. The van der Waals surface area contributed by atoms with Crippen LogP contribution in [0.3, 0.4) is 0 Å². The lowest BCUT2D eigenvalue weighted by Crippen LogP contribution is -2.26. The summed E-state index contributed by atoms with van der Waals surface area (Å²) in [5.41, 5.74) is 0.466. The van der Waals surface area contributed by atoms with Crippen LogP contribution in [-0.4, -0.2) is 38.5 Å². The number of rotatable bonds is 6. The molecule has 6 heteroatoms. The molecule has 1 aromatic rings. The van der Waals surface area contributed by atoms with Gasteiger partial charge in [0, 0.05) is 20.8 Å². The summed E-state index contributed by atoms with van der Waals surface area (Å²) in [5.74, 6) is 0.548. The Labute approximate surface area is 105 Å². The van der Waals surface area contributed by atoms with Crippen molar-refractivity contribution in [3.63, 3.8) is 0 Å². The number of methoxy groups -OCH3 is 2. The monoisotopic (exact) mass is 255 g/mol. The number of hydrogen-bond donors (Lipinski definition) is 1. The van der Waals surface area contributed by atoms with Gasteiger partial charge in [0.15, 0.2) is 0 Å². The van der Waals surface area contributed by atoms with Gasteiger partial charge in [-0.05, 0) is 12.1 Å². The molecule has 0 aliphatic carbocycles. The summed E-state index contributed by atoms with van der Waals surface area (Å²) < 4.78 is 10.2. The smallest absolute Gasteiger partial charge is 0.132 e. The number of hydrogen-bond acceptors (Lipinski definition) is 5. The van der Waals surface area contributed by atoms with E-state index in [0.29, 0.717) is 24.5 Å². The zero-order valence-electron chi connectivity index (χ0n) is 9.74. The van der Waals surface area contributed by atoms with Gasteiger partial charge in [-0.2, -0.15) is 5.26 Å². The number of halogens is 1. The molecule has 0 bridgehead atoms. The van der Waals surface area contributed by atoms with E-state index < -0.39 is 0 Å². The minimum Gasteiger partial charge on any atom is -0.382 e. The molecule has 92 valence electrons. The minimum atomic E-state index is -0.0775. The van der Waals surface area contributed by atoms with E-state index in [1.165, 1.54) is 6.07 Å². The summed E-state index contributed by atoms with van der Waals surface area (Å²) in [6.07, 6.45) is -0.0775. The Hall–Kier alpha value is -1.35. The maximum absolute atomic E-state index is 8.79. The normalized spacial score (nSPS) is 11.9. The van der Waals surface area contributed by atoms with Gasteiger partial charge in [-0.15, -0.1) is 0 Å². The first-order valence-electron chi connectivity index (χ1n) is 5.03. The molecule has 1 aromatic heterocycles. The van der Waals surface area contributed by atoms with Crippen molar-refractivity contribution >= 4 is 17.4 Å². The van der Waals surface area contributed by atoms with E-state index in [4.69, 9.17) is 26.3 Å². The standard InChI is InChI=1S/C11H14ClN3O2/c1-16-7-9(17-2)6-14-11-4-8(5-13)3-10(12)15-11/h3-4,9H,6-7H2,1-2H3,(H,14,15). The van der Waals surface area contributed by atoms with Crippen molar-refractivity contribution < 1.29 is 9.47 Å². The van der Waals surface area contributed by atoms with Crippen LogP contribution in [0.5, 0.6) is 0 Å². The fourth-order valence-corrected chi connectivity index (χ4v) is 1.48. The first kappa shape index (κ1) is 13.7. The van der Waals surface area contributed by atoms with Crippen molar-refractivity contribution in [3.8, 4) is 6.07 Å². The van der Waals surface area contributed by atoms with Gasteiger partial charge in [0.2, 0.25) is 0 Å². The molecule has 1 heterocycles. The Morgan fingerprint density at radius 2 is 2.29 bits per heavy atom. The molecule has 0 fully saturated rings. The third-order valence-electron chi connectivity index (χ3n) is 2.12. The third kappa shape index (κ3) is 4.57. The number of pyridine rings is 1. The molecule has 1 N–H and O–H groups in total. The van der Waals surface area contributed by atoms with Gasteiger partial charge < -0.3 is 14.8 Å². The summed E-state index contributed by atoms with van der Waals surface area (Å²) in [5, 5.41) is 12.1. The van der Waals surface area contributed by atoms with Crippen LogP contribution in [0.15, 0.2) is 12.1 Å². The Bertz CT molecular complexity index is 406. The Balaban J connectivity index is 2.62. The molecule has 1 rings (SSSR count). The average molecular weight is 256 g/mol. The number of nitriles is 1. The molecule has 17 heavy (non-hydrogen) atoms. The maximum atomic E-state index is 8.79. The second-order valence-electron chi connectivity index (χ2n) is 3.37. The third-order valence-corrected chi connectivity index (χ3v) is 2.31. The van der Waals surface area contributed by atoms with E-state index in [1.54, 1.807) is 20.3 Å². The van der Waals surface area contributed by atoms with Crippen molar-refractivity contribution in [2.75, 3.05) is 32.7 Å². The van der Waals surface area contributed by atoms with Gasteiger partial charge in [-0.1, -0.05) is 11.6 Å². The van der Waals surface area contributed by atoms with Gasteiger partial charge in [-0.25, -0.2) is 4.98 Å². The summed E-state index contributed by atoms with van der Waals surface area (Å²) in [7, 11) is 3.22. The van der Waals surface area contributed by atoms with Crippen LogP contribution >= 0.6 is 11.6 Å². The van der Waals surface area contributed by atoms with Crippen LogP contribution < -0.4 is 5.32 Å². The molecule has 0 radical (unpaired) electrons. The van der Waals surface area contributed by atoms with Crippen LogP contribution in [0, 0.1) is 11.3 Å². The van der Waals surface area contributed by atoms with Crippen molar-refractivity contribution in [1.82, 2.24) is 4.98 Å². The number of aromatic nitrogens is 1. The average Bonchev–Trinajstić information content (AvgIpc) is 2.33. The van der Waals surface area contributed by atoms with Crippen LogP contribution in [0.4, 0.5) is 5.82 Å². The van der Waals surface area contributed by atoms with Crippen LogP contribution in [0.1, 0.15) is 5.56 Å². The van der Waals surface area contributed by atoms with Crippen molar-refractivity contribution in [2.24, 2.45) is 0 Å². The summed E-state index contributed by atoms with van der Waals surface area (Å²) in [4.78, 5) is 4.06. The first-order valence-corrected chi connectivity index (χ1v) is 5.40. The number of anilines is 1. The highest BCUT2D eigenvalue weighted by atomic mass is 35.5. The van der Waals surface area contributed by atoms with Gasteiger partial charge in [0.25, 0.3) is 0 Å². The lowest BCUT2D eigenvalue weighted by Gasteiger charge is -2.15. The molecule has 0 saturated carbocycles. The molecular weight excluding hydrogens is 242 g/mol. The zero-order chi connectivity index (χ0) is 12.7. The van der Waals surface area contributed by atoms with E-state index >= 15 is 0 Å². The Kier molecular flexibility index (Phi) is 5.70. The lowest BCUT2D eigenvalue weighted by atomic mass is 10.3. The van der Waals surface area contributed by atoms with Gasteiger partial charge in [-0.3, -0.25) is 0 Å². The van der Waals surface area contributed by atoms with E-state index in [2.05, 4.69) is 10.3 Å². The topological polar surface area (TPSA) is 67.2 Å². The SMILES string of the molecule is COCC(CNc1cc(C#N)cc(Cl)n1)OC. The van der Waals surface area contributed by atoms with Gasteiger partial charge >= 0.3 is 0 Å². The van der Waals surface area contributed by atoms with Crippen LogP contribution in [0.2, 0.25) is 5.15 Å². The molecule has 0 aliphatic heterocycles. The number of nitrogens with one attached hydrogen (secondary N) is 1. The molecule has 1 atom stereocenters. The molecular formula is C11H14ClN3O2. The van der Waals surface area contributed by atoms with E-state index in [-0.39, 0.29) is 11.3 Å². The molecule has 0 aromatic carbocycles.